The molecule has 0 radical (unpaired) electrons. The summed E-state index contributed by atoms with van der Waals surface area (Å²) in [6.45, 7) is 2.80. The van der Waals surface area contributed by atoms with E-state index >= 15 is 0 Å². The van der Waals surface area contributed by atoms with Crippen molar-refractivity contribution in [3.05, 3.63) is 34.1 Å². The lowest BCUT2D eigenvalue weighted by Gasteiger charge is -2.19. The zero-order valence-corrected chi connectivity index (χ0v) is 14.0. The van der Waals surface area contributed by atoms with E-state index in [9.17, 15) is 18.5 Å². The molecule has 0 amide bonds. The third-order valence-corrected chi connectivity index (χ3v) is 6.02. The van der Waals surface area contributed by atoms with Crippen molar-refractivity contribution >= 4 is 31.9 Å². The highest BCUT2D eigenvalue weighted by Gasteiger charge is 2.27. The highest BCUT2D eigenvalue weighted by Crippen LogP contribution is 2.40. The van der Waals surface area contributed by atoms with Gasteiger partial charge in [-0.2, -0.15) is 5.10 Å². The lowest BCUT2D eigenvalue weighted by molar-refractivity contribution is -0.383. The topological polar surface area (TPSA) is 98.3 Å². The highest BCUT2D eigenvalue weighted by molar-refractivity contribution is 7.92. The van der Waals surface area contributed by atoms with E-state index in [1.54, 1.807) is 22.8 Å². The quantitative estimate of drug-likeness (QED) is 0.585. The first-order chi connectivity index (χ1) is 10.2. The Morgan fingerprint density at radius 1 is 1.50 bits per heavy atom. The lowest BCUT2D eigenvalue weighted by atomic mass is 10.3. The normalized spacial score (nSPS) is 11.6. The molecule has 0 fully saturated rings. The van der Waals surface area contributed by atoms with Gasteiger partial charge in [-0.3, -0.25) is 14.8 Å². The zero-order chi connectivity index (χ0) is 16.5. The maximum atomic E-state index is 11.6. The fraction of sp³-hybridized carbons (Fsp3) is 0.417. The number of hydrogen-bond acceptors (Lipinski definition) is 7. The number of nitrogens with zero attached hydrogens (tertiary/aromatic N) is 4. The van der Waals surface area contributed by atoms with E-state index in [0.717, 1.165) is 29.2 Å². The van der Waals surface area contributed by atoms with Gasteiger partial charge in [-0.15, -0.1) is 0 Å². The maximum Gasteiger partial charge on any atom is 0.305 e. The van der Waals surface area contributed by atoms with Gasteiger partial charge in [0.1, 0.15) is 4.21 Å². The number of aryl methyl sites for hydroxylation is 1. The second-order valence-electron chi connectivity index (χ2n) is 4.82. The van der Waals surface area contributed by atoms with Crippen molar-refractivity contribution in [1.82, 2.24) is 9.78 Å². The molecule has 0 atom stereocenters. The van der Waals surface area contributed by atoms with Crippen LogP contribution in [0.2, 0.25) is 0 Å². The molecule has 2 aromatic heterocycles. The molecule has 0 aliphatic rings. The number of aromatic nitrogens is 2. The van der Waals surface area contributed by atoms with E-state index in [-0.39, 0.29) is 9.90 Å². The van der Waals surface area contributed by atoms with Crippen molar-refractivity contribution in [2.75, 3.05) is 17.7 Å². The minimum Gasteiger partial charge on any atom is -0.354 e. The van der Waals surface area contributed by atoms with E-state index in [2.05, 4.69) is 5.10 Å². The molecule has 2 rings (SSSR count). The number of nitro groups is 1. The van der Waals surface area contributed by atoms with Gasteiger partial charge in [0.2, 0.25) is 0 Å². The smallest absolute Gasteiger partial charge is 0.305 e. The lowest BCUT2D eigenvalue weighted by Crippen LogP contribution is -2.21. The Bertz CT molecular complexity index is 794. The summed E-state index contributed by atoms with van der Waals surface area (Å²) in [4.78, 5) is 12.4. The molecule has 0 bridgehead atoms. The van der Waals surface area contributed by atoms with Crippen LogP contribution in [0.3, 0.4) is 0 Å². The van der Waals surface area contributed by atoms with E-state index in [4.69, 9.17) is 0 Å². The molecule has 8 nitrogen and oxygen atoms in total. The van der Waals surface area contributed by atoms with Gasteiger partial charge in [0.25, 0.3) is 0 Å². The van der Waals surface area contributed by atoms with Crippen molar-refractivity contribution in [2.45, 2.75) is 17.7 Å². The minimum atomic E-state index is -3.48. The highest BCUT2D eigenvalue weighted by atomic mass is 32.2. The number of thiophene rings is 1. The van der Waals surface area contributed by atoms with E-state index in [1.807, 2.05) is 13.1 Å². The minimum absolute atomic E-state index is 0.00108. The van der Waals surface area contributed by atoms with Crippen molar-refractivity contribution in [2.24, 2.45) is 7.05 Å². The van der Waals surface area contributed by atoms with Crippen LogP contribution in [0, 0.1) is 10.1 Å². The fourth-order valence-corrected chi connectivity index (χ4v) is 4.08. The Labute approximate surface area is 132 Å². The molecule has 2 heterocycles. The van der Waals surface area contributed by atoms with Crippen LogP contribution in [0.4, 0.5) is 10.7 Å². The molecular weight excluding hydrogens is 328 g/mol. The van der Waals surface area contributed by atoms with Gasteiger partial charge >= 0.3 is 5.69 Å². The molecular formula is C12H16N4O4S2. The first-order valence-corrected chi connectivity index (χ1v) is 9.14. The Kier molecular flexibility index (Phi) is 4.52. The second kappa shape index (κ2) is 6.05. The van der Waals surface area contributed by atoms with Gasteiger partial charge in [0.15, 0.2) is 14.8 Å². The molecule has 0 aromatic carbocycles. The van der Waals surface area contributed by atoms with Crippen LogP contribution < -0.4 is 4.90 Å². The molecule has 0 saturated carbocycles. The van der Waals surface area contributed by atoms with Gasteiger partial charge < -0.3 is 4.90 Å². The summed E-state index contributed by atoms with van der Waals surface area (Å²) < 4.78 is 24.9. The SMILES string of the molecule is CCN(Cc1cnn(C)c1)c1sc(S(C)(=O)=O)cc1[N+](=O)[O-]. The van der Waals surface area contributed by atoms with Gasteiger partial charge in [0.05, 0.1) is 11.1 Å². The summed E-state index contributed by atoms with van der Waals surface area (Å²) in [6, 6.07) is 1.13. The third-order valence-electron chi connectivity index (χ3n) is 3.03. The third kappa shape index (κ3) is 3.45. The van der Waals surface area contributed by atoms with E-state index in [1.165, 1.54) is 0 Å². The molecule has 22 heavy (non-hydrogen) atoms. The summed E-state index contributed by atoms with van der Waals surface area (Å²) in [6.07, 6.45) is 4.54. The number of anilines is 1. The molecule has 0 aliphatic heterocycles. The van der Waals surface area contributed by atoms with Crippen molar-refractivity contribution in [1.29, 1.82) is 0 Å². The number of hydrogen-bond donors (Lipinski definition) is 0. The fourth-order valence-electron chi connectivity index (χ4n) is 1.99. The first-order valence-electron chi connectivity index (χ1n) is 6.43. The predicted molar refractivity (Wildman–Crippen MR) is 84.0 cm³/mol. The summed E-state index contributed by atoms with van der Waals surface area (Å²) >= 11 is 0.923. The Morgan fingerprint density at radius 2 is 2.18 bits per heavy atom. The Balaban J connectivity index is 2.43. The largest absolute Gasteiger partial charge is 0.354 e. The second-order valence-corrected chi connectivity index (χ2v) is 8.09. The number of rotatable bonds is 6. The predicted octanol–water partition coefficient (Wildman–Crippen LogP) is 1.82. The van der Waals surface area contributed by atoms with Crippen LogP contribution in [0.1, 0.15) is 12.5 Å². The molecule has 10 heteroatoms. The van der Waals surface area contributed by atoms with Crippen LogP contribution >= 0.6 is 11.3 Å². The average Bonchev–Trinajstić information content (AvgIpc) is 3.01. The average molecular weight is 344 g/mol. The molecule has 120 valence electrons. The Hall–Kier alpha value is -1.94. The molecule has 2 aromatic rings. The zero-order valence-electron chi connectivity index (χ0n) is 12.4. The van der Waals surface area contributed by atoms with Crippen LogP contribution in [0.5, 0.6) is 0 Å². The summed E-state index contributed by atoms with van der Waals surface area (Å²) in [5.41, 5.74) is 0.712. The van der Waals surface area contributed by atoms with Gasteiger partial charge in [-0.1, -0.05) is 11.3 Å². The number of sulfone groups is 1. The van der Waals surface area contributed by atoms with Gasteiger partial charge in [0, 0.05) is 44.2 Å². The van der Waals surface area contributed by atoms with Crippen molar-refractivity contribution in [3.8, 4) is 0 Å². The summed E-state index contributed by atoms with van der Waals surface area (Å²) in [7, 11) is -1.69. The standard InChI is InChI=1S/C12H16N4O4S2/c1-4-15(8-9-6-13-14(2)7-9)12-10(16(17)18)5-11(21-12)22(3,19)20/h5-7H,4,8H2,1-3H3. The van der Waals surface area contributed by atoms with Crippen LogP contribution in [-0.2, 0) is 23.4 Å². The maximum absolute atomic E-state index is 11.6. The van der Waals surface area contributed by atoms with Crippen LogP contribution in [0.25, 0.3) is 0 Å². The molecule has 0 saturated heterocycles. The van der Waals surface area contributed by atoms with Crippen LogP contribution in [-0.4, -0.2) is 35.9 Å². The Morgan fingerprint density at radius 3 is 2.64 bits per heavy atom. The molecule has 0 aliphatic carbocycles. The molecule has 0 unspecified atom stereocenters. The van der Waals surface area contributed by atoms with E-state index < -0.39 is 14.8 Å². The summed E-state index contributed by atoms with van der Waals surface area (Å²) in [5.74, 6) is 0. The van der Waals surface area contributed by atoms with Gasteiger partial charge in [-0.05, 0) is 6.92 Å². The van der Waals surface area contributed by atoms with Crippen molar-refractivity contribution < 1.29 is 13.3 Å². The monoisotopic (exact) mass is 344 g/mol. The van der Waals surface area contributed by atoms with E-state index in [0.29, 0.717) is 18.1 Å². The van der Waals surface area contributed by atoms with Crippen LogP contribution in [0.15, 0.2) is 22.7 Å². The van der Waals surface area contributed by atoms with Crippen molar-refractivity contribution in [3.63, 3.8) is 0 Å². The first kappa shape index (κ1) is 16.4. The molecule has 0 N–H and O–H groups in total. The van der Waals surface area contributed by atoms with Gasteiger partial charge in [-0.25, -0.2) is 8.42 Å². The summed E-state index contributed by atoms with van der Waals surface area (Å²) in [5, 5.41) is 15.6. The molecule has 0 spiro atoms.